The highest BCUT2D eigenvalue weighted by atomic mass is 32.2. The molecule has 1 heterocycles. The fourth-order valence-corrected chi connectivity index (χ4v) is 3.90. The van der Waals surface area contributed by atoms with Crippen molar-refractivity contribution in [3.63, 3.8) is 0 Å². The first-order chi connectivity index (χ1) is 9.92. The number of benzene rings is 3. The maximum atomic E-state index is 4.81. The van der Waals surface area contributed by atoms with Crippen LogP contribution in [0.25, 0.3) is 21.5 Å². The molecule has 1 atom stereocenters. The fraction of sp³-hybridized carbons (Fsp3) is 0.222. The van der Waals surface area contributed by atoms with Gasteiger partial charge in [0.05, 0.1) is 6.04 Å². The van der Waals surface area contributed by atoms with Crippen molar-refractivity contribution >= 4 is 33.3 Å². The highest BCUT2D eigenvalue weighted by Crippen LogP contribution is 2.31. The molecule has 1 fully saturated rings. The molecule has 0 aliphatic carbocycles. The average molecular weight is 278 g/mol. The second-order valence-corrected chi connectivity index (χ2v) is 6.41. The predicted molar refractivity (Wildman–Crippen MR) is 88.5 cm³/mol. The number of hydrogen-bond donors (Lipinski definition) is 0. The minimum atomic E-state index is 0.360. The molecule has 20 heavy (non-hydrogen) atoms. The molecule has 1 saturated heterocycles. The first-order valence-corrected chi connectivity index (χ1v) is 8.23. The topological polar surface area (TPSA) is 14.1 Å². The van der Waals surface area contributed by atoms with Crippen LogP contribution in [-0.2, 0) is 0 Å². The minimum Gasteiger partial charge on any atom is -0.232 e. The summed E-state index contributed by atoms with van der Waals surface area (Å²) in [6.45, 7) is 0.985. The summed E-state index contributed by atoms with van der Waals surface area (Å²) >= 11 is 2.02. The minimum absolute atomic E-state index is 0.360. The van der Waals surface area contributed by atoms with Gasteiger partial charge < -0.3 is 0 Å². The largest absolute Gasteiger partial charge is 0.232 e. The summed E-state index contributed by atoms with van der Waals surface area (Å²) in [5, 5.41) is 10.1. The summed E-state index contributed by atoms with van der Waals surface area (Å²) in [4.78, 5) is 0. The lowest BCUT2D eigenvalue weighted by atomic mass is 9.96. The van der Waals surface area contributed by atoms with Gasteiger partial charge >= 0.3 is 0 Å². The fourth-order valence-electron chi connectivity index (χ4n) is 2.99. The van der Waals surface area contributed by atoms with Crippen LogP contribution in [0.15, 0.2) is 54.6 Å². The Hall–Kier alpha value is -1.51. The summed E-state index contributed by atoms with van der Waals surface area (Å²) in [5.74, 6) is 2.29. The van der Waals surface area contributed by atoms with Gasteiger partial charge in [-0.1, -0.05) is 42.5 Å². The van der Waals surface area contributed by atoms with E-state index < -0.39 is 0 Å². The summed E-state index contributed by atoms with van der Waals surface area (Å²) in [7, 11) is 0. The van der Waals surface area contributed by atoms with Crippen LogP contribution in [0, 0.1) is 0 Å². The van der Waals surface area contributed by atoms with E-state index in [1.807, 2.05) is 11.8 Å². The Bertz CT molecular complexity index is 760. The van der Waals surface area contributed by atoms with Gasteiger partial charge in [-0.2, -0.15) is 11.8 Å². The van der Waals surface area contributed by atoms with Gasteiger partial charge in [-0.3, -0.25) is 0 Å². The van der Waals surface area contributed by atoms with Crippen LogP contribution in [0.2, 0.25) is 0 Å². The van der Waals surface area contributed by atoms with E-state index in [0.29, 0.717) is 6.04 Å². The summed E-state index contributed by atoms with van der Waals surface area (Å²) in [5.41, 5.74) is 1.39. The van der Waals surface area contributed by atoms with Crippen molar-refractivity contribution in [2.24, 2.45) is 0 Å². The van der Waals surface area contributed by atoms with Crippen LogP contribution in [0.5, 0.6) is 0 Å². The Morgan fingerprint density at radius 2 is 1.70 bits per heavy atom. The van der Waals surface area contributed by atoms with E-state index in [2.05, 4.69) is 54.6 Å². The molecule has 1 unspecified atom stereocenters. The van der Waals surface area contributed by atoms with Gasteiger partial charge in [0.15, 0.2) is 0 Å². The van der Waals surface area contributed by atoms with Crippen molar-refractivity contribution in [3.8, 4) is 0 Å². The Morgan fingerprint density at radius 1 is 0.900 bits per heavy atom. The lowest BCUT2D eigenvalue weighted by Gasteiger charge is -2.23. The van der Waals surface area contributed by atoms with E-state index in [4.69, 9.17) is 5.32 Å². The SMILES string of the molecule is c1ccc2cc3c(C4CSCC[N]4)cccc3cc2c1. The lowest BCUT2D eigenvalue weighted by molar-refractivity contribution is 0.585. The van der Waals surface area contributed by atoms with Crippen LogP contribution >= 0.6 is 11.8 Å². The highest BCUT2D eigenvalue weighted by Gasteiger charge is 2.18. The van der Waals surface area contributed by atoms with Gasteiger partial charge in [0.25, 0.3) is 0 Å². The molecule has 1 nitrogen and oxygen atoms in total. The zero-order valence-electron chi connectivity index (χ0n) is 11.3. The molecule has 0 amide bonds. The standard InChI is InChI=1S/C18H16NS/c1-2-5-14-11-17-15(10-13(14)4-1)6-3-7-16(17)18-12-20-9-8-19-18/h1-7,10-11,18H,8-9,12H2. The van der Waals surface area contributed by atoms with Gasteiger partial charge in [0.2, 0.25) is 0 Å². The molecule has 0 aromatic heterocycles. The van der Waals surface area contributed by atoms with Crippen LogP contribution in [-0.4, -0.2) is 18.1 Å². The number of fused-ring (bicyclic) bond motifs is 2. The normalized spacial score (nSPS) is 19.5. The van der Waals surface area contributed by atoms with E-state index >= 15 is 0 Å². The molecule has 0 N–H and O–H groups in total. The number of thioether (sulfide) groups is 1. The van der Waals surface area contributed by atoms with Gasteiger partial charge in [-0.15, -0.1) is 0 Å². The molecule has 1 aliphatic rings. The molecule has 3 aromatic carbocycles. The van der Waals surface area contributed by atoms with Gasteiger partial charge in [0, 0.05) is 18.1 Å². The second-order valence-electron chi connectivity index (χ2n) is 5.26. The lowest BCUT2D eigenvalue weighted by Crippen LogP contribution is -2.24. The van der Waals surface area contributed by atoms with E-state index in [9.17, 15) is 0 Å². The number of nitrogens with zero attached hydrogens (tertiary/aromatic N) is 1. The Labute approximate surface area is 123 Å². The van der Waals surface area contributed by atoms with Crippen molar-refractivity contribution in [2.75, 3.05) is 18.1 Å². The van der Waals surface area contributed by atoms with Crippen LogP contribution in [0.1, 0.15) is 11.6 Å². The maximum Gasteiger partial charge on any atom is 0.0592 e. The van der Waals surface area contributed by atoms with E-state index in [-0.39, 0.29) is 0 Å². The molecule has 1 aliphatic heterocycles. The average Bonchev–Trinajstić information content (AvgIpc) is 2.53. The Kier molecular flexibility index (Phi) is 3.13. The second kappa shape index (κ2) is 5.12. The summed E-state index contributed by atoms with van der Waals surface area (Å²) < 4.78 is 0. The monoisotopic (exact) mass is 278 g/mol. The van der Waals surface area contributed by atoms with Crippen LogP contribution in [0.3, 0.4) is 0 Å². The van der Waals surface area contributed by atoms with Gasteiger partial charge in [0.1, 0.15) is 0 Å². The smallest absolute Gasteiger partial charge is 0.0592 e. The van der Waals surface area contributed by atoms with Crippen molar-refractivity contribution in [1.29, 1.82) is 0 Å². The Morgan fingerprint density at radius 3 is 2.50 bits per heavy atom. The zero-order chi connectivity index (χ0) is 13.4. The molecule has 0 bridgehead atoms. The number of rotatable bonds is 1. The third kappa shape index (κ3) is 2.09. The third-order valence-electron chi connectivity index (χ3n) is 4.00. The van der Waals surface area contributed by atoms with Crippen LogP contribution in [0.4, 0.5) is 0 Å². The van der Waals surface area contributed by atoms with E-state index in [0.717, 1.165) is 12.3 Å². The molecular formula is C18H16NS. The molecule has 4 rings (SSSR count). The molecule has 3 aromatic rings. The Balaban J connectivity index is 1.94. The highest BCUT2D eigenvalue weighted by molar-refractivity contribution is 7.99. The molecule has 0 saturated carbocycles. The van der Waals surface area contributed by atoms with Crippen molar-refractivity contribution < 1.29 is 0 Å². The molecule has 99 valence electrons. The van der Waals surface area contributed by atoms with Crippen molar-refractivity contribution in [2.45, 2.75) is 6.04 Å². The zero-order valence-corrected chi connectivity index (χ0v) is 12.1. The number of hydrogen-bond acceptors (Lipinski definition) is 1. The van der Waals surface area contributed by atoms with Crippen molar-refractivity contribution in [1.82, 2.24) is 5.32 Å². The summed E-state index contributed by atoms with van der Waals surface area (Å²) in [6.07, 6.45) is 0. The summed E-state index contributed by atoms with van der Waals surface area (Å²) in [6, 6.07) is 20.2. The molecule has 0 spiro atoms. The van der Waals surface area contributed by atoms with E-state index in [1.54, 1.807) is 0 Å². The quantitative estimate of drug-likeness (QED) is 0.602. The molecule has 2 heteroatoms. The third-order valence-corrected chi connectivity index (χ3v) is 5.02. The van der Waals surface area contributed by atoms with Crippen LogP contribution < -0.4 is 5.32 Å². The first-order valence-electron chi connectivity index (χ1n) is 7.07. The van der Waals surface area contributed by atoms with Gasteiger partial charge in [-0.05, 0) is 39.2 Å². The van der Waals surface area contributed by atoms with Gasteiger partial charge in [-0.25, -0.2) is 5.32 Å². The van der Waals surface area contributed by atoms with E-state index in [1.165, 1.54) is 32.9 Å². The maximum absolute atomic E-state index is 4.81. The molecular weight excluding hydrogens is 262 g/mol. The first kappa shape index (κ1) is 12.2. The van der Waals surface area contributed by atoms with Crippen molar-refractivity contribution in [3.05, 3.63) is 60.2 Å². The molecule has 1 radical (unpaired) electrons. The predicted octanol–water partition coefficient (Wildman–Crippen LogP) is 4.39.